The van der Waals surface area contributed by atoms with Crippen LogP contribution in [0.2, 0.25) is 0 Å². The number of carbonyl (C=O) groups is 1. The normalized spacial score (nSPS) is 11.3. The van der Waals surface area contributed by atoms with Gasteiger partial charge in [0.2, 0.25) is 0 Å². The van der Waals surface area contributed by atoms with Gasteiger partial charge < -0.3 is 4.52 Å². The Kier molecular flexibility index (Phi) is 3.57. The van der Waals surface area contributed by atoms with Gasteiger partial charge in [0.15, 0.2) is 5.58 Å². The molecule has 0 amide bonds. The van der Waals surface area contributed by atoms with Crippen molar-refractivity contribution < 1.29 is 9.32 Å². The summed E-state index contributed by atoms with van der Waals surface area (Å²) in [7, 11) is 0. The Hall–Kier alpha value is -3.73. The smallest absolute Gasteiger partial charge is 0.263 e. The molecule has 3 aromatic carbocycles. The topological polar surface area (TPSA) is 60.9 Å². The minimum atomic E-state index is -0.105. The minimum absolute atomic E-state index is 0.105. The molecule has 0 unspecified atom stereocenters. The molecule has 27 heavy (non-hydrogen) atoms. The van der Waals surface area contributed by atoms with Crippen LogP contribution in [0.4, 0.5) is 0 Å². The molecule has 0 aliphatic heterocycles. The number of para-hydroxylation sites is 3. The molecule has 0 radical (unpaired) electrons. The van der Waals surface area contributed by atoms with Gasteiger partial charge in [-0.3, -0.25) is 9.36 Å². The van der Waals surface area contributed by atoms with Gasteiger partial charge in [-0.15, -0.1) is 0 Å². The molecule has 0 bridgehead atoms. The maximum absolute atomic E-state index is 13.2. The third kappa shape index (κ3) is 2.60. The monoisotopic (exact) mass is 353 g/mol. The van der Waals surface area contributed by atoms with Crippen LogP contribution in [-0.2, 0) is 6.42 Å². The molecule has 0 fully saturated rings. The van der Waals surface area contributed by atoms with Crippen LogP contribution in [0, 0.1) is 0 Å². The molecule has 5 rings (SSSR count). The molecule has 0 saturated heterocycles. The van der Waals surface area contributed by atoms with Crippen LogP contribution in [0.25, 0.3) is 22.0 Å². The Morgan fingerprint density at radius 2 is 1.63 bits per heavy atom. The Morgan fingerprint density at radius 1 is 0.889 bits per heavy atom. The third-order valence-electron chi connectivity index (χ3n) is 4.63. The van der Waals surface area contributed by atoms with E-state index in [1.165, 1.54) is 0 Å². The van der Waals surface area contributed by atoms with Crippen molar-refractivity contribution in [3.8, 4) is 0 Å². The van der Waals surface area contributed by atoms with Crippen molar-refractivity contribution in [1.29, 1.82) is 0 Å². The summed E-state index contributed by atoms with van der Waals surface area (Å²) in [5.74, 6) is 0.538. The van der Waals surface area contributed by atoms with E-state index in [-0.39, 0.29) is 5.91 Å². The van der Waals surface area contributed by atoms with Crippen molar-refractivity contribution in [2.45, 2.75) is 6.42 Å². The average Bonchev–Trinajstić information content (AvgIpc) is 3.30. The fraction of sp³-hybridized carbons (Fsp3) is 0.0455. The first-order chi connectivity index (χ1) is 13.3. The van der Waals surface area contributed by atoms with Crippen molar-refractivity contribution in [2.75, 3.05) is 0 Å². The van der Waals surface area contributed by atoms with Crippen LogP contribution in [0.15, 0.2) is 83.4 Å². The molecular formula is C22H15N3O2. The summed E-state index contributed by atoms with van der Waals surface area (Å²) in [6.07, 6.45) is 0.407. The molecule has 0 aliphatic rings. The first kappa shape index (κ1) is 15.5. The van der Waals surface area contributed by atoms with E-state index in [1.54, 1.807) is 4.57 Å². The molecule has 2 heterocycles. The van der Waals surface area contributed by atoms with Crippen LogP contribution >= 0.6 is 0 Å². The minimum Gasteiger partial charge on any atom is -0.356 e. The molecule has 0 aliphatic carbocycles. The van der Waals surface area contributed by atoms with Crippen molar-refractivity contribution in [1.82, 2.24) is 14.7 Å². The highest BCUT2D eigenvalue weighted by Crippen LogP contribution is 2.24. The molecule has 0 N–H and O–H groups in total. The molecule has 5 nitrogen and oxygen atoms in total. The number of nitrogens with zero attached hydrogens (tertiary/aromatic N) is 3. The van der Waals surface area contributed by atoms with Gasteiger partial charge in [0.05, 0.1) is 23.1 Å². The summed E-state index contributed by atoms with van der Waals surface area (Å²) in [5.41, 5.74) is 3.68. The van der Waals surface area contributed by atoms with Gasteiger partial charge >= 0.3 is 0 Å². The summed E-state index contributed by atoms with van der Waals surface area (Å²) >= 11 is 0. The Morgan fingerprint density at radius 3 is 2.52 bits per heavy atom. The van der Waals surface area contributed by atoms with Gasteiger partial charge in [0.25, 0.3) is 5.91 Å². The second-order valence-electron chi connectivity index (χ2n) is 6.33. The molecule has 2 aromatic heterocycles. The lowest BCUT2D eigenvalue weighted by Crippen LogP contribution is -2.15. The fourth-order valence-corrected chi connectivity index (χ4v) is 3.35. The summed E-state index contributed by atoms with van der Waals surface area (Å²) in [6, 6.07) is 24.6. The number of fused-ring (bicyclic) bond motifs is 2. The summed E-state index contributed by atoms with van der Waals surface area (Å²) in [5, 5.41) is 5.13. The largest absolute Gasteiger partial charge is 0.356 e. The Labute approximate surface area is 154 Å². The average molecular weight is 353 g/mol. The van der Waals surface area contributed by atoms with E-state index >= 15 is 0 Å². The SMILES string of the molecule is O=C(c1ccccc1)n1c(Cc2noc3ccccc23)nc2ccccc21. The maximum Gasteiger partial charge on any atom is 0.263 e. The summed E-state index contributed by atoms with van der Waals surface area (Å²) in [6.45, 7) is 0. The van der Waals surface area contributed by atoms with Crippen molar-refractivity contribution in [3.05, 3.63) is 95.9 Å². The number of imidazole rings is 1. The molecule has 130 valence electrons. The van der Waals surface area contributed by atoms with E-state index in [2.05, 4.69) is 5.16 Å². The summed E-state index contributed by atoms with van der Waals surface area (Å²) < 4.78 is 7.08. The molecule has 5 heteroatoms. The lowest BCUT2D eigenvalue weighted by molar-refractivity contribution is 0.0961. The van der Waals surface area contributed by atoms with Gasteiger partial charge in [-0.25, -0.2) is 4.98 Å². The number of hydrogen-bond donors (Lipinski definition) is 0. The zero-order chi connectivity index (χ0) is 18.2. The lowest BCUT2D eigenvalue weighted by Gasteiger charge is -2.07. The molecule has 0 atom stereocenters. The van der Waals surface area contributed by atoms with Crippen LogP contribution in [0.3, 0.4) is 0 Å². The van der Waals surface area contributed by atoms with Gasteiger partial charge in [-0.05, 0) is 36.4 Å². The molecule has 0 spiro atoms. The predicted molar refractivity (Wildman–Crippen MR) is 103 cm³/mol. The highest BCUT2D eigenvalue weighted by Gasteiger charge is 2.20. The third-order valence-corrected chi connectivity index (χ3v) is 4.63. The standard InChI is InChI=1S/C22H15N3O2/c26-22(15-8-2-1-3-9-15)25-19-12-6-5-11-17(19)23-21(25)14-18-16-10-4-7-13-20(16)27-24-18/h1-13H,14H2. The number of aromatic nitrogens is 3. The quantitative estimate of drug-likeness (QED) is 0.480. The van der Waals surface area contributed by atoms with Gasteiger partial charge in [0.1, 0.15) is 5.82 Å². The second kappa shape index (κ2) is 6.21. The molecular weight excluding hydrogens is 338 g/mol. The Bertz CT molecular complexity index is 1270. The summed E-state index contributed by atoms with van der Waals surface area (Å²) in [4.78, 5) is 17.9. The zero-order valence-electron chi connectivity index (χ0n) is 14.4. The van der Waals surface area contributed by atoms with Gasteiger partial charge in [-0.2, -0.15) is 0 Å². The molecule has 5 aromatic rings. The van der Waals surface area contributed by atoms with E-state index in [0.717, 1.165) is 27.7 Å². The second-order valence-corrected chi connectivity index (χ2v) is 6.33. The van der Waals surface area contributed by atoms with Crippen molar-refractivity contribution in [2.24, 2.45) is 0 Å². The van der Waals surface area contributed by atoms with Gasteiger partial charge in [0, 0.05) is 10.9 Å². The lowest BCUT2D eigenvalue weighted by atomic mass is 10.1. The van der Waals surface area contributed by atoms with E-state index in [9.17, 15) is 4.79 Å². The number of hydrogen-bond acceptors (Lipinski definition) is 4. The zero-order valence-corrected chi connectivity index (χ0v) is 14.4. The van der Waals surface area contributed by atoms with Crippen molar-refractivity contribution in [3.63, 3.8) is 0 Å². The molecule has 0 saturated carbocycles. The van der Waals surface area contributed by atoms with E-state index in [4.69, 9.17) is 9.51 Å². The number of rotatable bonds is 3. The predicted octanol–water partition coefficient (Wildman–Crippen LogP) is 4.46. The van der Waals surface area contributed by atoms with Crippen LogP contribution < -0.4 is 0 Å². The highest BCUT2D eigenvalue weighted by atomic mass is 16.5. The van der Waals surface area contributed by atoms with Crippen LogP contribution in [0.5, 0.6) is 0 Å². The fourth-order valence-electron chi connectivity index (χ4n) is 3.35. The highest BCUT2D eigenvalue weighted by molar-refractivity contribution is 6.01. The van der Waals surface area contributed by atoms with E-state index in [0.29, 0.717) is 17.8 Å². The van der Waals surface area contributed by atoms with E-state index in [1.807, 2.05) is 78.9 Å². The Balaban J connectivity index is 1.67. The van der Waals surface area contributed by atoms with Crippen LogP contribution in [-0.4, -0.2) is 20.6 Å². The first-order valence-electron chi connectivity index (χ1n) is 8.70. The number of carbonyl (C=O) groups excluding carboxylic acids is 1. The van der Waals surface area contributed by atoms with Gasteiger partial charge in [-0.1, -0.05) is 47.6 Å². The van der Waals surface area contributed by atoms with Crippen LogP contribution in [0.1, 0.15) is 21.9 Å². The first-order valence-corrected chi connectivity index (χ1v) is 8.70. The maximum atomic E-state index is 13.2. The van der Waals surface area contributed by atoms with Crippen molar-refractivity contribution >= 4 is 27.9 Å². The van der Waals surface area contributed by atoms with E-state index < -0.39 is 0 Å². The number of benzene rings is 3.